The van der Waals surface area contributed by atoms with Gasteiger partial charge in [-0.15, -0.1) is 0 Å². The molecule has 0 unspecified atom stereocenters. The normalized spacial score (nSPS) is 13.2. The smallest absolute Gasteiger partial charge is 0.323 e. The van der Waals surface area contributed by atoms with Gasteiger partial charge in [-0.1, -0.05) is 12.1 Å². The van der Waals surface area contributed by atoms with Gasteiger partial charge in [-0.3, -0.25) is 4.79 Å². The second-order valence-electron chi connectivity index (χ2n) is 7.23. The third kappa shape index (κ3) is 4.63. The molecule has 1 aliphatic heterocycles. The number of ketones is 1. The van der Waals surface area contributed by atoms with Crippen molar-refractivity contribution >= 4 is 29.0 Å². The molecule has 2 heterocycles. The molecule has 30 heavy (non-hydrogen) atoms. The zero-order valence-corrected chi connectivity index (χ0v) is 16.8. The first-order valence-corrected chi connectivity index (χ1v) is 9.96. The zero-order chi connectivity index (χ0) is 20.9. The molecule has 3 aromatic rings. The fourth-order valence-corrected chi connectivity index (χ4v) is 3.43. The van der Waals surface area contributed by atoms with Crippen molar-refractivity contribution in [1.82, 2.24) is 9.97 Å². The Bertz CT molecular complexity index is 1060. The highest BCUT2D eigenvalue weighted by molar-refractivity contribution is 6.00. The zero-order valence-electron chi connectivity index (χ0n) is 16.8. The molecule has 152 valence electrons. The SMILES string of the molecule is CC(=O)c1ccc(NC(=O)Nc2cccc(-c3nccc(N4CCCC4)n3)c2)cc1. The Hall–Kier alpha value is -3.74. The van der Waals surface area contributed by atoms with Gasteiger partial charge in [-0.2, -0.15) is 0 Å². The van der Waals surface area contributed by atoms with Gasteiger partial charge >= 0.3 is 6.03 Å². The second-order valence-corrected chi connectivity index (χ2v) is 7.23. The van der Waals surface area contributed by atoms with Crippen molar-refractivity contribution in [1.29, 1.82) is 0 Å². The molecule has 0 spiro atoms. The number of nitrogens with zero attached hydrogens (tertiary/aromatic N) is 3. The molecule has 0 bridgehead atoms. The maximum Gasteiger partial charge on any atom is 0.323 e. The monoisotopic (exact) mass is 401 g/mol. The van der Waals surface area contributed by atoms with E-state index in [0.717, 1.165) is 24.5 Å². The number of carbonyl (C=O) groups is 2. The Morgan fingerprint density at radius 3 is 2.40 bits per heavy atom. The van der Waals surface area contributed by atoms with E-state index in [4.69, 9.17) is 4.98 Å². The van der Waals surface area contributed by atoms with Gasteiger partial charge in [0.2, 0.25) is 0 Å². The first kappa shape index (κ1) is 19.6. The van der Waals surface area contributed by atoms with Crippen molar-refractivity contribution in [3.8, 4) is 11.4 Å². The maximum absolute atomic E-state index is 12.3. The Morgan fingerprint density at radius 1 is 0.933 bits per heavy atom. The van der Waals surface area contributed by atoms with Crippen LogP contribution in [0.2, 0.25) is 0 Å². The molecule has 1 aromatic heterocycles. The topological polar surface area (TPSA) is 87.2 Å². The van der Waals surface area contributed by atoms with Crippen LogP contribution in [0.25, 0.3) is 11.4 Å². The van der Waals surface area contributed by atoms with Crippen LogP contribution in [0.15, 0.2) is 60.8 Å². The van der Waals surface area contributed by atoms with Crippen molar-refractivity contribution in [2.75, 3.05) is 28.6 Å². The lowest BCUT2D eigenvalue weighted by Crippen LogP contribution is -2.19. The van der Waals surface area contributed by atoms with Gasteiger partial charge in [0.05, 0.1) is 0 Å². The largest absolute Gasteiger partial charge is 0.357 e. The number of Topliss-reactive ketones (excluding diaryl/α,β-unsaturated/α-hetero) is 1. The van der Waals surface area contributed by atoms with Gasteiger partial charge < -0.3 is 15.5 Å². The van der Waals surface area contributed by atoms with Crippen molar-refractivity contribution in [2.24, 2.45) is 0 Å². The third-order valence-electron chi connectivity index (χ3n) is 5.00. The van der Waals surface area contributed by atoms with Crippen LogP contribution < -0.4 is 15.5 Å². The van der Waals surface area contributed by atoms with Crippen LogP contribution in [0.1, 0.15) is 30.1 Å². The Kier molecular flexibility index (Phi) is 5.70. The summed E-state index contributed by atoms with van der Waals surface area (Å²) in [4.78, 5) is 35.1. The van der Waals surface area contributed by atoms with Gasteiger partial charge in [0.25, 0.3) is 0 Å². The number of hydrogen-bond acceptors (Lipinski definition) is 5. The average molecular weight is 401 g/mol. The summed E-state index contributed by atoms with van der Waals surface area (Å²) in [5.41, 5.74) is 2.68. The quantitative estimate of drug-likeness (QED) is 0.611. The summed E-state index contributed by atoms with van der Waals surface area (Å²) in [5, 5.41) is 5.59. The highest BCUT2D eigenvalue weighted by atomic mass is 16.2. The molecule has 0 radical (unpaired) electrons. The van der Waals surface area contributed by atoms with E-state index in [-0.39, 0.29) is 11.8 Å². The summed E-state index contributed by atoms with van der Waals surface area (Å²) in [6, 6.07) is 15.8. The lowest BCUT2D eigenvalue weighted by Gasteiger charge is -2.16. The molecule has 1 fully saturated rings. The number of aromatic nitrogens is 2. The second kappa shape index (κ2) is 8.73. The third-order valence-corrected chi connectivity index (χ3v) is 5.00. The molecule has 4 rings (SSSR count). The van der Waals surface area contributed by atoms with Crippen molar-refractivity contribution in [3.63, 3.8) is 0 Å². The van der Waals surface area contributed by atoms with Crippen LogP contribution in [0.4, 0.5) is 22.0 Å². The number of urea groups is 1. The Labute approximate surface area is 175 Å². The highest BCUT2D eigenvalue weighted by Gasteiger charge is 2.14. The van der Waals surface area contributed by atoms with E-state index in [1.165, 1.54) is 19.8 Å². The summed E-state index contributed by atoms with van der Waals surface area (Å²) in [6.45, 7) is 3.55. The van der Waals surface area contributed by atoms with Crippen molar-refractivity contribution in [2.45, 2.75) is 19.8 Å². The lowest BCUT2D eigenvalue weighted by atomic mass is 10.1. The van der Waals surface area contributed by atoms with E-state index < -0.39 is 0 Å². The predicted octanol–water partition coefficient (Wildman–Crippen LogP) is 4.59. The molecule has 2 aromatic carbocycles. The van der Waals surface area contributed by atoms with Gasteiger partial charge in [-0.25, -0.2) is 14.8 Å². The molecular formula is C23H23N5O2. The lowest BCUT2D eigenvalue weighted by molar-refractivity contribution is 0.101. The number of rotatable bonds is 5. The molecular weight excluding hydrogens is 378 g/mol. The minimum absolute atomic E-state index is 0.0150. The van der Waals surface area contributed by atoms with E-state index >= 15 is 0 Å². The number of benzene rings is 2. The molecule has 7 nitrogen and oxygen atoms in total. The molecule has 0 saturated carbocycles. The highest BCUT2D eigenvalue weighted by Crippen LogP contribution is 2.23. The molecule has 2 amide bonds. The number of anilines is 3. The molecule has 1 saturated heterocycles. The predicted molar refractivity (Wildman–Crippen MR) is 118 cm³/mol. The van der Waals surface area contributed by atoms with E-state index in [1.54, 1.807) is 30.5 Å². The minimum Gasteiger partial charge on any atom is -0.357 e. The van der Waals surface area contributed by atoms with Crippen LogP contribution >= 0.6 is 0 Å². The van der Waals surface area contributed by atoms with Gasteiger partial charge in [0, 0.05) is 41.8 Å². The van der Waals surface area contributed by atoms with Crippen LogP contribution in [0, 0.1) is 0 Å². The number of nitrogens with one attached hydrogen (secondary N) is 2. The summed E-state index contributed by atoms with van der Waals surface area (Å²) in [6.07, 6.45) is 4.14. The van der Waals surface area contributed by atoms with Crippen LogP contribution in [0.5, 0.6) is 0 Å². The fourth-order valence-electron chi connectivity index (χ4n) is 3.43. The maximum atomic E-state index is 12.3. The average Bonchev–Trinajstić information content (AvgIpc) is 3.29. The van der Waals surface area contributed by atoms with Crippen LogP contribution in [-0.2, 0) is 0 Å². The summed E-state index contributed by atoms with van der Waals surface area (Å²) in [7, 11) is 0. The van der Waals surface area contributed by atoms with Crippen molar-refractivity contribution in [3.05, 3.63) is 66.4 Å². The van der Waals surface area contributed by atoms with E-state index in [2.05, 4.69) is 20.5 Å². The summed E-state index contributed by atoms with van der Waals surface area (Å²) < 4.78 is 0. The van der Waals surface area contributed by atoms with Gasteiger partial charge in [0.1, 0.15) is 5.82 Å². The van der Waals surface area contributed by atoms with Crippen LogP contribution in [-0.4, -0.2) is 34.9 Å². The molecule has 0 aliphatic carbocycles. The number of carbonyl (C=O) groups excluding carboxylic acids is 2. The first-order chi connectivity index (χ1) is 14.6. The standard InChI is InChI=1S/C23H23N5O2/c1-16(29)17-7-9-19(10-8-17)25-23(30)26-20-6-4-5-18(15-20)22-24-12-11-21(27-22)28-13-2-3-14-28/h4-12,15H,2-3,13-14H2,1H3,(H2,25,26,30). The van der Waals surface area contributed by atoms with E-state index in [0.29, 0.717) is 22.8 Å². The van der Waals surface area contributed by atoms with E-state index in [1.807, 2.05) is 30.3 Å². The molecule has 2 N–H and O–H groups in total. The van der Waals surface area contributed by atoms with Crippen LogP contribution in [0.3, 0.4) is 0 Å². The first-order valence-electron chi connectivity index (χ1n) is 9.96. The number of amides is 2. The van der Waals surface area contributed by atoms with Crippen molar-refractivity contribution < 1.29 is 9.59 Å². The molecule has 1 aliphatic rings. The van der Waals surface area contributed by atoms with E-state index in [9.17, 15) is 9.59 Å². The molecule has 0 atom stereocenters. The molecule has 7 heteroatoms. The van der Waals surface area contributed by atoms with Gasteiger partial charge in [-0.05, 0) is 62.2 Å². The summed E-state index contributed by atoms with van der Waals surface area (Å²) >= 11 is 0. The fraction of sp³-hybridized carbons (Fsp3) is 0.217. The number of hydrogen-bond donors (Lipinski definition) is 2. The minimum atomic E-state index is -0.366. The van der Waals surface area contributed by atoms with Gasteiger partial charge in [0.15, 0.2) is 11.6 Å². The summed E-state index contributed by atoms with van der Waals surface area (Å²) in [5.74, 6) is 1.55. The Morgan fingerprint density at radius 2 is 1.67 bits per heavy atom. The Balaban J connectivity index is 1.45.